The van der Waals surface area contributed by atoms with Crippen LogP contribution in [0, 0.1) is 0 Å². The second-order valence-electron chi connectivity index (χ2n) is 5.45. The zero-order valence-corrected chi connectivity index (χ0v) is 15.1. The molecule has 0 spiro atoms. The molecule has 1 amide bonds. The Kier molecular flexibility index (Phi) is 5.34. The number of carbonyl (C=O) groups is 1. The number of benzene rings is 1. The highest BCUT2D eigenvalue weighted by molar-refractivity contribution is 7.92. The number of pyridine rings is 1. The molecule has 0 saturated carbocycles. The van der Waals surface area contributed by atoms with Crippen molar-refractivity contribution >= 4 is 27.3 Å². The van der Waals surface area contributed by atoms with Gasteiger partial charge in [0, 0.05) is 35.7 Å². The van der Waals surface area contributed by atoms with Gasteiger partial charge in [0.1, 0.15) is 17.9 Å². The molecule has 134 valence electrons. The molecule has 1 aromatic carbocycles. The highest BCUT2D eigenvalue weighted by atomic mass is 35.5. The molecule has 2 aromatic heterocycles. The number of amides is 1. The van der Waals surface area contributed by atoms with Crippen molar-refractivity contribution in [3.05, 3.63) is 71.9 Å². The molecule has 7 nitrogen and oxygen atoms in total. The van der Waals surface area contributed by atoms with Gasteiger partial charge in [-0.15, -0.1) is 0 Å². The van der Waals surface area contributed by atoms with Crippen LogP contribution in [-0.2, 0) is 21.2 Å². The van der Waals surface area contributed by atoms with E-state index >= 15 is 0 Å². The van der Waals surface area contributed by atoms with Crippen molar-refractivity contribution in [3.8, 4) is 5.82 Å². The Balaban J connectivity index is 1.67. The fourth-order valence-corrected chi connectivity index (χ4v) is 3.62. The van der Waals surface area contributed by atoms with Gasteiger partial charge in [-0.1, -0.05) is 17.7 Å². The smallest absolute Gasteiger partial charge is 0.235 e. The number of carbonyl (C=O) groups excluding carboxylic acids is 1. The first-order valence-electron chi connectivity index (χ1n) is 7.63. The summed E-state index contributed by atoms with van der Waals surface area (Å²) < 4.78 is 26.3. The van der Waals surface area contributed by atoms with E-state index in [9.17, 15) is 13.2 Å². The predicted molar refractivity (Wildman–Crippen MR) is 96.7 cm³/mol. The summed E-state index contributed by atoms with van der Waals surface area (Å²) in [6.45, 7) is 0.149. The molecule has 0 aliphatic rings. The SMILES string of the molecule is O=C(CS(=O)(=O)c1ccc(Cl)cc1)NCc1cccnc1-n1ccnc1. The van der Waals surface area contributed by atoms with Gasteiger partial charge >= 0.3 is 0 Å². The third kappa shape index (κ3) is 4.27. The van der Waals surface area contributed by atoms with Gasteiger partial charge in [0.05, 0.1) is 4.90 Å². The molecular formula is C17H15ClN4O3S. The minimum Gasteiger partial charge on any atom is -0.351 e. The summed E-state index contributed by atoms with van der Waals surface area (Å²) >= 11 is 5.76. The minimum absolute atomic E-state index is 0.0533. The van der Waals surface area contributed by atoms with Crippen LogP contribution in [0.5, 0.6) is 0 Å². The summed E-state index contributed by atoms with van der Waals surface area (Å²) in [5.41, 5.74) is 0.739. The van der Waals surface area contributed by atoms with Crippen molar-refractivity contribution in [2.75, 3.05) is 5.75 Å². The third-order valence-electron chi connectivity index (χ3n) is 3.59. The molecular weight excluding hydrogens is 376 g/mol. The fourth-order valence-electron chi connectivity index (χ4n) is 2.33. The number of imidazole rings is 1. The summed E-state index contributed by atoms with van der Waals surface area (Å²) in [5, 5.41) is 3.05. The predicted octanol–water partition coefficient (Wildman–Crippen LogP) is 2.01. The third-order valence-corrected chi connectivity index (χ3v) is 5.47. The number of sulfone groups is 1. The zero-order chi connectivity index (χ0) is 18.6. The quantitative estimate of drug-likeness (QED) is 0.694. The molecule has 0 radical (unpaired) electrons. The van der Waals surface area contributed by atoms with E-state index in [1.54, 1.807) is 41.6 Å². The van der Waals surface area contributed by atoms with Gasteiger partial charge in [0.25, 0.3) is 0 Å². The molecule has 0 aliphatic carbocycles. The number of hydrogen-bond acceptors (Lipinski definition) is 5. The number of halogens is 1. The molecule has 0 aliphatic heterocycles. The normalized spacial score (nSPS) is 11.3. The summed E-state index contributed by atoms with van der Waals surface area (Å²) in [6.07, 6.45) is 6.58. The number of aromatic nitrogens is 3. The Morgan fingerprint density at radius 1 is 1.15 bits per heavy atom. The Bertz CT molecular complexity index is 1000. The van der Waals surface area contributed by atoms with E-state index in [1.807, 2.05) is 0 Å². The average Bonchev–Trinajstić information content (AvgIpc) is 3.15. The van der Waals surface area contributed by atoms with E-state index in [2.05, 4.69) is 15.3 Å². The standard InChI is InChI=1S/C17H15ClN4O3S/c18-14-3-5-15(6-4-14)26(24,25)11-16(23)21-10-13-2-1-7-20-17(13)22-9-8-19-12-22/h1-9,12H,10-11H2,(H,21,23). The lowest BCUT2D eigenvalue weighted by atomic mass is 10.2. The van der Waals surface area contributed by atoms with E-state index in [0.29, 0.717) is 10.8 Å². The molecule has 0 bridgehead atoms. The van der Waals surface area contributed by atoms with Gasteiger partial charge in [0.2, 0.25) is 5.91 Å². The van der Waals surface area contributed by atoms with E-state index in [-0.39, 0.29) is 11.4 Å². The van der Waals surface area contributed by atoms with Crippen molar-refractivity contribution in [1.29, 1.82) is 0 Å². The number of rotatable bonds is 6. The molecule has 0 atom stereocenters. The van der Waals surface area contributed by atoms with Crippen molar-refractivity contribution in [3.63, 3.8) is 0 Å². The van der Waals surface area contributed by atoms with Crippen LogP contribution in [0.15, 0.2) is 66.2 Å². The van der Waals surface area contributed by atoms with Gasteiger partial charge in [-0.05, 0) is 30.3 Å². The molecule has 0 saturated heterocycles. The van der Waals surface area contributed by atoms with Crippen LogP contribution in [0.25, 0.3) is 5.82 Å². The van der Waals surface area contributed by atoms with Gasteiger partial charge < -0.3 is 5.32 Å². The van der Waals surface area contributed by atoms with E-state index < -0.39 is 21.5 Å². The monoisotopic (exact) mass is 390 g/mol. The second-order valence-corrected chi connectivity index (χ2v) is 7.87. The van der Waals surface area contributed by atoms with Crippen LogP contribution in [0.3, 0.4) is 0 Å². The van der Waals surface area contributed by atoms with Gasteiger partial charge in [-0.3, -0.25) is 9.36 Å². The molecule has 0 unspecified atom stereocenters. The first-order chi connectivity index (χ1) is 12.5. The molecule has 3 aromatic rings. The molecule has 0 fully saturated rings. The van der Waals surface area contributed by atoms with Crippen molar-refractivity contribution < 1.29 is 13.2 Å². The van der Waals surface area contributed by atoms with Crippen LogP contribution in [-0.4, -0.2) is 34.6 Å². The van der Waals surface area contributed by atoms with E-state index in [0.717, 1.165) is 5.56 Å². The summed E-state index contributed by atoms with van der Waals surface area (Å²) in [5.74, 6) is -0.624. The van der Waals surface area contributed by atoms with Gasteiger partial charge in [-0.25, -0.2) is 18.4 Å². The highest BCUT2D eigenvalue weighted by Gasteiger charge is 2.19. The molecule has 26 heavy (non-hydrogen) atoms. The largest absolute Gasteiger partial charge is 0.351 e. The zero-order valence-electron chi connectivity index (χ0n) is 13.5. The lowest BCUT2D eigenvalue weighted by Crippen LogP contribution is -2.30. The Labute approximate surface area is 155 Å². The van der Waals surface area contributed by atoms with Crippen molar-refractivity contribution in [2.45, 2.75) is 11.4 Å². The first kappa shape index (κ1) is 18.1. The van der Waals surface area contributed by atoms with Crippen molar-refractivity contribution in [2.24, 2.45) is 0 Å². The maximum Gasteiger partial charge on any atom is 0.235 e. The van der Waals surface area contributed by atoms with Crippen LogP contribution >= 0.6 is 11.6 Å². The summed E-state index contributed by atoms with van der Waals surface area (Å²) in [7, 11) is -3.74. The Hall–Kier alpha value is -2.71. The van der Waals surface area contributed by atoms with Crippen LogP contribution in [0.2, 0.25) is 5.02 Å². The fraction of sp³-hybridized carbons (Fsp3) is 0.118. The first-order valence-corrected chi connectivity index (χ1v) is 9.66. The second kappa shape index (κ2) is 7.67. The highest BCUT2D eigenvalue weighted by Crippen LogP contribution is 2.15. The number of hydrogen-bond donors (Lipinski definition) is 1. The van der Waals surface area contributed by atoms with Gasteiger partial charge in [-0.2, -0.15) is 0 Å². The van der Waals surface area contributed by atoms with Gasteiger partial charge in [0.15, 0.2) is 9.84 Å². The lowest BCUT2D eigenvalue weighted by molar-refractivity contribution is -0.118. The number of nitrogens with zero attached hydrogens (tertiary/aromatic N) is 3. The topological polar surface area (TPSA) is 94.0 Å². The van der Waals surface area contributed by atoms with Crippen LogP contribution in [0.1, 0.15) is 5.56 Å². The minimum atomic E-state index is -3.74. The van der Waals surface area contributed by atoms with Crippen molar-refractivity contribution in [1.82, 2.24) is 19.9 Å². The van der Waals surface area contributed by atoms with E-state index in [4.69, 9.17) is 11.6 Å². The Morgan fingerprint density at radius 2 is 1.92 bits per heavy atom. The molecule has 9 heteroatoms. The maximum atomic E-state index is 12.3. The van der Waals surface area contributed by atoms with Crippen LogP contribution in [0.4, 0.5) is 0 Å². The van der Waals surface area contributed by atoms with E-state index in [1.165, 1.54) is 24.3 Å². The summed E-state index contributed by atoms with van der Waals surface area (Å²) in [6, 6.07) is 9.24. The maximum absolute atomic E-state index is 12.3. The average molecular weight is 391 g/mol. The molecule has 3 rings (SSSR count). The molecule has 2 heterocycles. The lowest BCUT2D eigenvalue weighted by Gasteiger charge is -2.10. The molecule has 1 N–H and O–H groups in total. The van der Waals surface area contributed by atoms with Crippen LogP contribution < -0.4 is 5.32 Å². The summed E-state index contributed by atoms with van der Waals surface area (Å²) in [4.78, 5) is 20.4. The number of nitrogens with one attached hydrogen (secondary N) is 1. The Morgan fingerprint density at radius 3 is 2.62 bits per heavy atom.